The van der Waals surface area contributed by atoms with Crippen LogP contribution < -0.4 is 5.32 Å². The lowest BCUT2D eigenvalue weighted by Gasteiger charge is -2.23. The van der Waals surface area contributed by atoms with Gasteiger partial charge >= 0.3 is 0 Å². The predicted octanol–water partition coefficient (Wildman–Crippen LogP) is 1.44. The van der Waals surface area contributed by atoms with Gasteiger partial charge in [0.2, 0.25) is 0 Å². The molecule has 1 saturated heterocycles. The summed E-state index contributed by atoms with van der Waals surface area (Å²) < 4.78 is 36.6. The first-order valence-electron chi connectivity index (χ1n) is 6.15. The Hall–Kier alpha value is -1.43. The highest BCUT2D eigenvalue weighted by Crippen LogP contribution is 2.14. The van der Waals surface area contributed by atoms with Crippen molar-refractivity contribution >= 4 is 15.7 Å². The van der Waals surface area contributed by atoms with E-state index in [1.54, 1.807) is 13.0 Å². The fourth-order valence-electron chi connectivity index (χ4n) is 2.20. The normalized spacial score (nSPS) is 21.9. The Balaban J connectivity index is 2.09. The zero-order chi connectivity index (χ0) is 14.0. The maximum Gasteiger partial charge on any atom is 0.254 e. The number of benzene rings is 1. The molecule has 0 radical (unpaired) electrons. The summed E-state index contributed by atoms with van der Waals surface area (Å²) in [4.78, 5) is 11.9. The van der Waals surface area contributed by atoms with Gasteiger partial charge in [-0.3, -0.25) is 4.79 Å². The number of hydrogen-bond acceptors (Lipinski definition) is 3. The number of amides is 1. The van der Waals surface area contributed by atoms with Gasteiger partial charge in [0.15, 0.2) is 9.84 Å². The van der Waals surface area contributed by atoms with Crippen molar-refractivity contribution in [1.29, 1.82) is 0 Å². The van der Waals surface area contributed by atoms with Gasteiger partial charge < -0.3 is 5.32 Å². The number of hydrogen-bond donors (Lipinski definition) is 1. The number of carbonyl (C=O) groups is 1. The maximum atomic E-state index is 13.6. The first kappa shape index (κ1) is 14.0. The van der Waals surface area contributed by atoms with E-state index in [9.17, 15) is 17.6 Å². The summed E-state index contributed by atoms with van der Waals surface area (Å²) in [6, 6.07) is 3.92. The third-order valence-corrected chi connectivity index (χ3v) is 4.99. The standard InChI is InChI=1S/C13H16FNO3S/c1-9-4-5-11(12(14)7-9)13(16)15-10-3-2-6-19(17,18)8-10/h4-5,7,10H,2-3,6,8H2,1H3,(H,15,16). The first-order chi connectivity index (χ1) is 8.87. The average Bonchev–Trinajstić information content (AvgIpc) is 2.27. The van der Waals surface area contributed by atoms with E-state index in [0.29, 0.717) is 12.8 Å². The van der Waals surface area contributed by atoms with Gasteiger partial charge in [0.1, 0.15) is 5.82 Å². The zero-order valence-corrected chi connectivity index (χ0v) is 11.5. The number of carbonyl (C=O) groups excluding carboxylic acids is 1. The van der Waals surface area contributed by atoms with E-state index < -0.39 is 27.6 Å². The Bertz CT molecular complexity index is 598. The summed E-state index contributed by atoms with van der Waals surface area (Å²) in [5.41, 5.74) is 0.683. The second kappa shape index (κ2) is 5.28. The first-order valence-corrected chi connectivity index (χ1v) is 7.97. The molecule has 1 N–H and O–H groups in total. The van der Waals surface area contributed by atoms with E-state index in [-0.39, 0.29) is 17.1 Å². The lowest BCUT2D eigenvalue weighted by molar-refractivity contribution is 0.0934. The number of aryl methyl sites for hydroxylation is 1. The van der Waals surface area contributed by atoms with Crippen LogP contribution in [0.4, 0.5) is 4.39 Å². The molecule has 1 amide bonds. The Labute approximate surface area is 111 Å². The molecule has 1 atom stereocenters. The maximum absolute atomic E-state index is 13.6. The lowest BCUT2D eigenvalue weighted by atomic mass is 10.1. The van der Waals surface area contributed by atoms with Crippen LogP contribution in [-0.4, -0.2) is 31.9 Å². The van der Waals surface area contributed by atoms with Crippen molar-refractivity contribution in [3.63, 3.8) is 0 Å². The molecule has 4 nitrogen and oxygen atoms in total. The van der Waals surface area contributed by atoms with E-state index in [4.69, 9.17) is 0 Å². The van der Waals surface area contributed by atoms with Gasteiger partial charge in [-0.15, -0.1) is 0 Å². The number of rotatable bonds is 2. The van der Waals surface area contributed by atoms with Crippen LogP contribution >= 0.6 is 0 Å². The molecule has 0 aliphatic carbocycles. The molecule has 2 rings (SSSR count). The second-order valence-electron chi connectivity index (χ2n) is 4.91. The Morgan fingerprint density at radius 1 is 1.42 bits per heavy atom. The largest absolute Gasteiger partial charge is 0.348 e. The molecule has 6 heteroatoms. The minimum atomic E-state index is -3.09. The number of nitrogens with one attached hydrogen (secondary N) is 1. The van der Waals surface area contributed by atoms with Gasteiger partial charge in [-0.1, -0.05) is 6.07 Å². The van der Waals surface area contributed by atoms with Gasteiger partial charge in [0.05, 0.1) is 17.1 Å². The van der Waals surface area contributed by atoms with E-state index in [1.165, 1.54) is 12.1 Å². The van der Waals surface area contributed by atoms with Crippen LogP contribution in [0.15, 0.2) is 18.2 Å². The van der Waals surface area contributed by atoms with Gasteiger partial charge in [-0.2, -0.15) is 0 Å². The molecule has 19 heavy (non-hydrogen) atoms. The van der Waals surface area contributed by atoms with Crippen molar-refractivity contribution < 1.29 is 17.6 Å². The molecule has 1 aromatic rings. The van der Waals surface area contributed by atoms with E-state index in [0.717, 1.165) is 5.56 Å². The number of sulfone groups is 1. The molecule has 104 valence electrons. The van der Waals surface area contributed by atoms with Crippen LogP contribution in [0.25, 0.3) is 0 Å². The van der Waals surface area contributed by atoms with Crippen LogP contribution in [0.1, 0.15) is 28.8 Å². The third kappa shape index (κ3) is 3.53. The third-order valence-electron chi connectivity index (χ3n) is 3.17. The molecule has 1 fully saturated rings. The molecule has 0 spiro atoms. The quantitative estimate of drug-likeness (QED) is 0.894. The highest BCUT2D eigenvalue weighted by atomic mass is 32.2. The van der Waals surface area contributed by atoms with Crippen LogP contribution in [0.2, 0.25) is 0 Å². The van der Waals surface area contributed by atoms with Crippen molar-refractivity contribution in [2.75, 3.05) is 11.5 Å². The SMILES string of the molecule is Cc1ccc(C(=O)NC2CCCS(=O)(=O)C2)c(F)c1. The molecule has 1 aliphatic rings. The van der Waals surface area contributed by atoms with E-state index >= 15 is 0 Å². The van der Waals surface area contributed by atoms with Crippen LogP contribution in [0, 0.1) is 12.7 Å². The van der Waals surface area contributed by atoms with Crippen molar-refractivity contribution in [1.82, 2.24) is 5.32 Å². The van der Waals surface area contributed by atoms with Crippen LogP contribution in [0.5, 0.6) is 0 Å². The highest BCUT2D eigenvalue weighted by Gasteiger charge is 2.26. The highest BCUT2D eigenvalue weighted by molar-refractivity contribution is 7.91. The Morgan fingerprint density at radius 2 is 2.16 bits per heavy atom. The van der Waals surface area contributed by atoms with Crippen LogP contribution in [0.3, 0.4) is 0 Å². The summed E-state index contributed by atoms with van der Waals surface area (Å²) in [7, 11) is -3.09. The monoisotopic (exact) mass is 285 g/mol. The molecule has 1 heterocycles. The molecule has 1 aliphatic heterocycles. The summed E-state index contributed by atoms with van der Waals surface area (Å²) in [6.07, 6.45) is 1.14. The topological polar surface area (TPSA) is 63.2 Å². The molecule has 1 aromatic carbocycles. The minimum absolute atomic E-state index is 0.0476. The van der Waals surface area contributed by atoms with Crippen molar-refractivity contribution in [2.24, 2.45) is 0 Å². The van der Waals surface area contributed by atoms with E-state index in [2.05, 4.69) is 5.32 Å². The summed E-state index contributed by atoms with van der Waals surface area (Å²) in [6.45, 7) is 1.73. The second-order valence-corrected chi connectivity index (χ2v) is 7.14. The fourth-order valence-corrected chi connectivity index (χ4v) is 3.84. The molecule has 0 aromatic heterocycles. The molecule has 0 saturated carbocycles. The molecular formula is C13H16FNO3S. The predicted molar refractivity (Wildman–Crippen MR) is 70.3 cm³/mol. The van der Waals surface area contributed by atoms with Crippen molar-refractivity contribution in [3.8, 4) is 0 Å². The summed E-state index contributed by atoms with van der Waals surface area (Å²) in [5, 5.41) is 2.59. The van der Waals surface area contributed by atoms with E-state index in [1.807, 2.05) is 0 Å². The van der Waals surface area contributed by atoms with Gasteiger partial charge in [-0.05, 0) is 37.5 Å². The Kier molecular flexibility index (Phi) is 3.89. The van der Waals surface area contributed by atoms with Crippen molar-refractivity contribution in [2.45, 2.75) is 25.8 Å². The molecule has 0 bridgehead atoms. The zero-order valence-electron chi connectivity index (χ0n) is 10.6. The molecular weight excluding hydrogens is 269 g/mol. The fraction of sp³-hybridized carbons (Fsp3) is 0.462. The van der Waals surface area contributed by atoms with Gasteiger partial charge in [-0.25, -0.2) is 12.8 Å². The van der Waals surface area contributed by atoms with Crippen LogP contribution in [-0.2, 0) is 9.84 Å². The summed E-state index contributed by atoms with van der Waals surface area (Å²) in [5.74, 6) is -1.04. The van der Waals surface area contributed by atoms with Crippen molar-refractivity contribution in [3.05, 3.63) is 35.1 Å². The minimum Gasteiger partial charge on any atom is -0.348 e. The summed E-state index contributed by atoms with van der Waals surface area (Å²) >= 11 is 0. The Morgan fingerprint density at radius 3 is 2.79 bits per heavy atom. The molecule has 1 unspecified atom stereocenters. The number of halogens is 1. The smallest absolute Gasteiger partial charge is 0.254 e. The van der Waals surface area contributed by atoms with Gasteiger partial charge in [0, 0.05) is 6.04 Å². The lowest BCUT2D eigenvalue weighted by Crippen LogP contribution is -2.43. The average molecular weight is 285 g/mol. The van der Waals surface area contributed by atoms with Gasteiger partial charge in [0.25, 0.3) is 5.91 Å².